The molecule has 0 aliphatic rings. The topological polar surface area (TPSA) is 57.9 Å². The maximum absolute atomic E-state index is 13.3. The van der Waals surface area contributed by atoms with Crippen LogP contribution in [0.25, 0.3) is 0 Å². The summed E-state index contributed by atoms with van der Waals surface area (Å²) in [6, 6.07) is 3.70. The van der Waals surface area contributed by atoms with Crippen LogP contribution in [0.1, 0.15) is 13.8 Å². The zero-order valence-corrected chi connectivity index (χ0v) is 9.48. The van der Waals surface area contributed by atoms with Crippen molar-refractivity contribution < 1.29 is 17.2 Å². The SMILES string of the molecule is CC(C)(C#N)S(=O)(=O)c1ccc(F)cc1F. The standard InChI is InChI=1S/C10H9F2NO2S/c1-10(2,6-13)16(14,15)9-4-3-7(11)5-8(9)12/h3-5H,1-2H3. The summed E-state index contributed by atoms with van der Waals surface area (Å²) in [5.41, 5.74) is 0. The minimum Gasteiger partial charge on any atom is -0.222 e. The first kappa shape index (κ1) is 12.6. The minimum absolute atomic E-state index is 0.473. The number of nitriles is 1. The Hall–Kier alpha value is -1.48. The van der Waals surface area contributed by atoms with Gasteiger partial charge in [0.15, 0.2) is 14.6 Å². The highest BCUT2D eigenvalue weighted by atomic mass is 32.2. The van der Waals surface area contributed by atoms with Crippen LogP contribution in [0.2, 0.25) is 0 Å². The van der Waals surface area contributed by atoms with Crippen LogP contribution in [-0.4, -0.2) is 13.2 Å². The van der Waals surface area contributed by atoms with E-state index in [1.807, 2.05) is 0 Å². The maximum atomic E-state index is 13.3. The van der Waals surface area contributed by atoms with E-state index in [4.69, 9.17) is 5.26 Å². The van der Waals surface area contributed by atoms with Crippen LogP contribution in [0.5, 0.6) is 0 Å². The number of halogens is 2. The predicted octanol–water partition coefficient (Wildman–Crippen LogP) is 2.04. The molecule has 0 radical (unpaired) electrons. The Morgan fingerprint density at radius 1 is 1.31 bits per heavy atom. The molecule has 0 saturated carbocycles. The first-order valence-corrected chi connectivity index (χ1v) is 5.81. The lowest BCUT2D eigenvalue weighted by molar-refractivity contribution is 0.539. The van der Waals surface area contributed by atoms with Gasteiger partial charge in [-0.15, -0.1) is 0 Å². The Morgan fingerprint density at radius 3 is 2.31 bits per heavy atom. The van der Waals surface area contributed by atoms with Gasteiger partial charge in [0.2, 0.25) is 0 Å². The van der Waals surface area contributed by atoms with Gasteiger partial charge in [0.05, 0.1) is 6.07 Å². The third-order valence-electron chi connectivity index (χ3n) is 2.12. The zero-order valence-electron chi connectivity index (χ0n) is 8.66. The molecule has 0 heterocycles. The van der Waals surface area contributed by atoms with Gasteiger partial charge >= 0.3 is 0 Å². The molecule has 1 aromatic rings. The molecule has 1 rings (SSSR count). The number of rotatable bonds is 2. The molecule has 0 aliphatic carbocycles. The second-order valence-electron chi connectivity index (χ2n) is 3.70. The van der Waals surface area contributed by atoms with Gasteiger partial charge in [0, 0.05) is 6.07 Å². The third-order valence-corrected chi connectivity index (χ3v) is 4.47. The van der Waals surface area contributed by atoms with Crippen molar-refractivity contribution in [2.24, 2.45) is 0 Å². The van der Waals surface area contributed by atoms with Gasteiger partial charge in [0.1, 0.15) is 16.5 Å². The average Bonchev–Trinajstić information content (AvgIpc) is 2.16. The fraction of sp³-hybridized carbons (Fsp3) is 0.300. The van der Waals surface area contributed by atoms with E-state index in [9.17, 15) is 17.2 Å². The summed E-state index contributed by atoms with van der Waals surface area (Å²) in [6.45, 7) is 2.32. The second kappa shape index (κ2) is 3.83. The van der Waals surface area contributed by atoms with Crippen molar-refractivity contribution in [3.05, 3.63) is 29.8 Å². The van der Waals surface area contributed by atoms with Crippen molar-refractivity contribution in [1.29, 1.82) is 5.26 Å². The van der Waals surface area contributed by atoms with Crippen LogP contribution in [0.15, 0.2) is 23.1 Å². The summed E-state index contributed by atoms with van der Waals surface area (Å²) < 4.78 is 47.8. The van der Waals surface area contributed by atoms with Crippen molar-refractivity contribution >= 4 is 9.84 Å². The molecule has 0 spiro atoms. The summed E-state index contributed by atoms with van der Waals surface area (Å²) in [5.74, 6) is -2.06. The van der Waals surface area contributed by atoms with Crippen LogP contribution in [-0.2, 0) is 9.84 Å². The fourth-order valence-electron chi connectivity index (χ4n) is 1.03. The van der Waals surface area contributed by atoms with Crippen molar-refractivity contribution in [3.8, 4) is 6.07 Å². The summed E-state index contributed by atoms with van der Waals surface area (Å²) in [5, 5.41) is 8.71. The molecule has 16 heavy (non-hydrogen) atoms. The fourth-order valence-corrected chi connectivity index (χ4v) is 2.26. The highest BCUT2D eigenvalue weighted by Gasteiger charge is 2.37. The van der Waals surface area contributed by atoms with Gasteiger partial charge in [-0.05, 0) is 26.0 Å². The first-order valence-electron chi connectivity index (χ1n) is 4.33. The lowest BCUT2D eigenvalue weighted by Crippen LogP contribution is -2.30. The minimum atomic E-state index is -4.14. The monoisotopic (exact) mass is 245 g/mol. The van der Waals surface area contributed by atoms with E-state index in [1.54, 1.807) is 6.07 Å². The smallest absolute Gasteiger partial charge is 0.199 e. The molecule has 0 N–H and O–H groups in total. The summed E-state index contributed by atoms with van der Waals surface area (Å²) in [4.78, 5) is -0.666. The Bertz CT molecular complexity index is 559. The molecule has 6 heteroatoms. The largest absolute Gasteiger partial charge is 0.222 e. The van der Waals surface area contributed by atoms with Crippen LogP contribution < -0.4 is 0 Å². The van der Waals surface area contributed by atoms with Gasteiger partial charge in [-0.1, -0.05) is 0 Å². The maximum Gasteiger partial charge on any atom is 0.199 e. The van der Waals surface area contributed by atoms with E-state index >= 15 is 0 Å². The number of hydrogen-bond donors (Lipinski definition) is 0. The Kier molecular flexibility index (Phi) is 3.01. The average molecular weight is 245 g/mol. The lowest BCUT2D eigenvalue weighted by Gasteiger charge is -2.16. The predicted molar refractivity (Wildman–Crippen MR) is 53.2 cm³/mol. The lowest BCUT2D eigenvalue weighted by atomic mass is 10.2. The van der Waals surface area contributed by atoms with Crippen LogP contribution >= 0.6 is 0 Å². The zero-order chi connectivity index (χ0) is 12.6. The molecule has 0 aromatic heterocycles. The highest BCUT2D eigenvalue weighted by molar-refractivity contribution is 7.93. The van der Waals surface area contributed by atoms with Gasteiger partial charge in [-0.3, -0.25) is 0 Å². The molecule has 0 amide bonds. The second-order valence-corrected chi connectivity index (χ2v) is 6.17. The Labute approximate surface area is 92.2 Å². The molecule has 0 aliphatic heterocycles. The number of sulfone groups is 1. The van der Waals surface area contributed by atoms with Crippen molar-refractivity contribution in [2.75, 3.05) is 0 Å². The molecule has 3 nitrogen and oxygen atoms in total. The normalized spacial score (nSPS) is 12.2. The van der Waals surface area contributed by atoms with E-state index in [2.05, 4.69) is 0 Å². The molecule has 0 unspecified atom stereocenters. The number of benzene rings is 1. The molecular formula is C10H9F2NO2S. The first-order chi connectivity index (χ1) is 7.22. The Balaban J connectivity index is 3.47. The third kappa shape index (κ3) is 1.91. The van der Waals surface area contributed by atoms with E-state index in [1.165, 1.54) is 0 Å². The molecule has 0 bridgehead atoms. The van der Waals surface area contributed by atoms with E-state index in [0.717, 1.165) is 26.0 Å². The van der Waals surface area contributed by atoms with E-state index in [0.29, 0.717) is 6.07 Å². The van der Waals surface area contributed by atoms with Crippen LogP contribution in [0.3, 0.4) is 0 Å². The molecule has 86 valence electrons. The van der Waals surface area contributed by atoms with E-state index in [-0.39, 0.29) is 0 Å². The van der Waals surface area contributed by atoms with Crippen molar-refractivity contribution in [1.82, 2.24) is 0 Å². The van der Waals surface area contributed by atoms with Crippen LogP contribution in [0, 0.1) is 23.0 Å². The van der Waals surface area contributed by atoms with E-state index < -0.39 is 31.1 Å². The van der Waals surface area contributed by atoms with Crippen molar-refractivity contribution in [2.45, 2.75) is 23.5 Å². The quantitative estimate of drug-likeness (QED) is 0.749. The van der Waals surface area contributed by atoms with Gasteiger partial charge < -0.3 is 0 Å². The molecule has 1 aromatic carbocycles. The summed E-state index contributed by atoms with van der Waals surface area (Å²) in [7, 11) is -4.14. The van der Waals surface area contributed by atoms with Crippen molar-refractivity contribution in [3.63, 3.8) is 0 Å². The summed E-state index contributed by atoms with van der Waals surface area (Å²) >= 11 is 0. The van der Waals surface area contributed by atoms with Gasteiger partial charge in [0.25, 0.3) is 0 Å². The molecule has 0 atom stereocenters. The number of hydrogen-bond acceptors (Lipinski definition) is 3. The Morgan fingerprint density at radius 2 is 1.88 bits per heavy atom. The van der Waals surface area contributed by atoms with Gasteiger partial charge in [-0.25, -0.2) is 17.2 Å². The van der Waals surface area contributed by atoms with Crippen LogP contribution in [0.4, 0.5) is 8.78 Å². The highest BCUT2D eigenvalue weighted by Crippen LogP contribution is 2.27. The summed E-state index contributed by atoms with van der Waals surface area (Å²) in [6.07, 6.45) is 0. The molecule has 0 fully saturated rings. The molecule has 0 saturated heterocycles. The number of nitrogens with zero attached hydrogens (tertiary/aromatic N) is 1. The van der Waals surface area contributed by atoms with Gasteiger partial charge in [-0.2, -0.15) is 5.26 Å². The molecular weight excluding hydrogens is 236 g/mol.